The van der Waals surface area contributed by atoms with Gasteiger partial charge in [0.2, 0.25) is 0 Å². The van der Waals surface area contributed by atoms with Crippen LogP contribution in [0, 0.1) is 41.5 Å². The molecule has 0 fully saturated rings. The number of para-hydroxylation sites is 2. The van der Waals surface area contributed by atoms with E-state index in [-0.39, 0.29) is 13.7 Å². The summed E-state index contributed by atoms with van der Waals surface area (Å²) >= 11 is 3.92. The molecule has 6 rings (SSSR count). The van der Waals surface area contributed by atoms with E-state index in [0.29, 0.717) is 0 Å². The van der Waals surface area contributed by atoms with Gasteiger partial charge in [-0.25, -0.2) is 0 Å². The van der Waals surface area contributed by atoms with Gasteiger partial charge in [0, 0.05) is 39.0 Å². The molecular weight excluding hydrogens is 546 g/mol. The Labute approximate surface area is 261 Å². The first kappa shape index (κ1) is 28.9. The van der Waals surface area contributed by atoms with E-state index in [1.165, 1.54) is 75.0 Å². The molecular formula is C36H40B2N2S2. The predicted octanol–water partition coefficient (Wildman–Crippen LogP) is 6.90. The van der Waals surface area contributed by atoms with Gasteiger partial charge < -0.3 is 9.62 Å². The average Bonchev–Trinajstić information content (AvgIpc) is 3.68. The zero-order valence-corrected chi connectivity index (χ0v) is 27.8. The minimum absolute atomic E-state index is 0.222. The lowest BCUT2D eigenvalue weighted by Gasteiger charge is -2.27. The highest BCUT2D eigenvalue weighted by Crippen LogP contribution is 2.38. The van der Waals surface area contributed by atoms with Crippen molar-refractivity contribution in [3.63, 3.8) is 0 Å². The number of hydrogen-bond acceptors (Lipinski definition) is 4. The smallest absolute Gasteiger partial charge is 0.390 e. The minimum atomic E-state index is 0.222. The molecule has 0 spiro atoms. The molecule has 1 aliphatic rings. The molecule has 0 amide bonds. The molecule has 3 aromatic carbocycles. The lowest BCUT2D eigenvalue weighted by molar-refractivity contribution is 1.06. The topological polar surface area (TPSA) is 6.48 Å². The maximum atomic E-state index is 2.55. The number of aryl methyl sites for hydroxylation is 6. The van der Waals surface area contributed by atoms with E-state index in [0.717, 1.165) is 13.1 Å². The highest BCUT2D eigenvalue weighted by molar-refractivity contribution is 7.33. The standard InChI is InChI=1S/C36H40B2N2S2/c1-9-39-29-13-11-12-14-30(29)40(10-2)38(39)34-18-16-32(42-34)31-15-17-33(41-31)37(35-25(5)19-23(3)20-26(35)6)36-27(7)21-24(4)22-28(36)8/h11-22H,9-10H2,1-8H3. The van der Waals surface area contributed by atoms with Gasteiger partial charge in [-0.1, -0.05) is 92.8 Å². The molecule has 6 heteroatoms. The fourth-order valence-corrected chi connectivity index (χ4v) is 9.71. The van der Waals surface area contributed by atoms with Gasteiger partial charge in [-0.3, -0.25) is 0 Å². The SMILES string of the molecule is CCN1B(c2ccc(-c3ccc(B(c4c(C)cc(C)cc4C)c4c(C)cc(C)cc4C)s3)s2)N(CC)c2ccccc21. The molecule has 0 unspecified atom stereocenters. The van der Waals surface area contributed by atoms with Crippen LogP contribution in [0.15, 0.2) is 72.8 Å². The van der Waals surface area contributed by atoms with Crippen molar-refractivity contribution >= 4 is 68.2 Å². The van der Waals surface area contributed by atoms with E-state index >= 15 is 0 Å². The number of hydrogen-bond donors (Lipinski definition) is 0. The summed E-state index contributed by atoms with van der Waals surface area (Å²) in [5.74, 6) is 0. The Balaban J connectivity index is 1.42. The van der Waals surface area contributed by atoms with Crippen LogP contribution in [-0.2, 0) is 0 Å². The van der Waals surface area contributed by atoms with Crippen LogP contribution in [0.1, 0.15) is 47.2 Å². The Kier molecular flexibility index (Phi) is 7.89. The van der Waals surface area contributed by atoms with Crippen LogP contribution in [0.3, 0.4) is 0 Å². The van der Waals surface area contributed by atoms with E-state index in [1.54, 1.807) is 0 Å². The van der Waals surface area contributed by atoms with Crippen LogP contribution in [0.5, 0.6) is 0 Å². The summed E-state index contributed by atoms with van der Waals surface area (Å²) < 4.78 is 2.83. The summed E-state index contributed by atoms with van der Waals surface area (Å²) in [6.07, 6.45) is 0. The van der Waals surface area contributed by atoms with Crippen LogP contribution in [0.25, 0.3) is 9.75 Å². The molecule has 0 bridgehead atoms. The summed E-state index contributed by atoms with van der Waals surface area (Å²) in [6.45, 7) is 20.6. The number of anilines is 2. The van der Waals surface area contributed by atoms with Gasteiger partial charge in [0.05, 0.1) is 0 Å². The number of thiophene rings is 2. The molecule has 0 atom stereocenters. The first-order chi connectivity index (χ1) is 20.2. The summed E-state index contributed by atoms with van der Waals surface area (Å²) in [7, 11) is 0. The number of fused-ring (bicyclic) bond motifs is 1. The van der Waals surface area contributed by atoms with Crippen LogP contribution < -0.4 is 30.1 Å². The van der Waals surface area contributed by atoms with Gasteiger partial charge in [0.1, 0.15) is 0 Å². The predicted molar refractivity (Wildman–Crippen MR) is 191 cm³/mol. The van der Waals surface area contributed by atoms with Crippen molar-refractivity contribution in [2.75, 3.05) is 22.7 Å². The molecule has 0 saturated carbocycles. The Morgan fingerprint density at radius 1 is 0.595 bits per heavy atom. The Morgan fingerprint density at radius 2 is 1.05 bits per heavy atom. The average molecular weight is 586 g/mol. The second kappa shape index (κ2) is 11.5. The second-order valence-electron chi connectivity index (χ2n) is 11.9. The molecule has 0 N–H and O–H groups in total. The van der Waals surface area contributed by atoms with Crippen LogP contribution in [0.4, 0.5) is 11.4 Å². The van der Waals surface area contributed by atoms with Crippen molar-refractivity contribution in [2.24, 2.45) is 0 Å². The van der Waals surface area contributed by atoms with E-state index in [4.69, 9.17) is 0 Å². The van der Waals surface area contributed by atoms with Crippen molar-refractivity contribution in [1.29, 1.82) is 0 Å². The molecule has 5 aromatic rings. The quantitative estimate of drug-likeness (QED) is 0.192. The number of nitrogens with zero attached hydrogens (tertiary/aromatic N) is 2. The minimum Gasteiger partial charge on any atom is -0.390 e. The third-order valence-electron chi connectivity index (χ3n) is 8.86. The molecule has 0 radical (unpaired) electrons. The number of benzene rings is 3. The van der Waals surface area contributed by atoms with Gasteiger partial charge in [0.25, 0.3) is 6.71 Å². The Morgan fingerprint density at radius 3 is 1.52 bits per heavy atom. The fourth-order valence-electron chi connectivity index (χ4n) is 7.36. The monoisotopic (exact) mass is 586 g/mol. The van der Waals surface area contributed by atoms with Gasteiger partial charge in [-0.15, -0.1) is 22.7 Å². The molecule has 2 nitrogen and oxygen atoms in total. The second-order valence-corrected chi connectivity index (χ2v) is 14.1. The van der Waals surface area contributed by atoms with Crippen LogP contribution >= 0.6 is 22.7 Å². The third kappa shape index (κ3) is 4.93. The summed E-state index contributed by atoms with van der Waals surface area (Å²) in [5.41, 5.74) is 13.8. The van der Waals surface area contributed by atoms with Crippen molar-refractivity contribution in [1.82, 2.24) is 0 Å². The van der Waals surface area contributed by atoms with Crippen molar-refractivity contribution < 1.29 is 0 Å². The summed E-state index contributed by atoms with van der Waals surface area (Å²) in [4.78, 5) is 7.82. The highest BCUT2D eigenvalue weighted by Gasteiger charge is 2.41. The maximum Gasteiger partial charge on any atom is 0.421 e. The van der Waals surface area contributed by atoms with Gasteiger partial charge >= 0.3 is 6.98 Å². The van der Waals surface area contributed by atoms with Gasteiger partial charge in [-0.2, -0.15) is 0 Å². The lowest BCUT2D eigenvalue weighted by atomic mass is 9.37. The molecule has 2 aromatic heterocycles. The molecule has 42 heavy (non-hydrogen) atoms. The maximum absolute atomic E-state index is 2.55. The zero-order chi connectivity index (χ0) is 29.7. The normalized spacial score (nSPS) is 12.8. The lowest BCUT2D eigenvalue weighted by Crippen LogP contribution is -2.55. The summed E-state index contributed by atoms with van der Waals surface area (Å²) in [5, 5.41) is 0. The van der Waals surface area contributed by atoms with Crippen molar-refractivity contribution in [2.45, 2.75) is 55.4 Å². The highest BCUT2D eigenvalue weighted by atomic mass is 32.1. The van der Waals surface area contributed by atoms with E-state index in [9.17, 15) is 0 Å². The first-order valence-electron chi connectivity index (χ1n) is 15.2. The molecule has 0 saturated heterocycles. The first-order valence-corrected chi connectivity index (χ1v) is 16.8. The van der Waals surface area contributed by atoms with Crippen LogP contribution in [0.2, 0.25) is 0 Å². The van der Waals surface area contributed by atoms with E-state index in [1.807, 2.05) is 22.7 Å². The Hall–Kier alpha value is -3.21. The van der Waals surface area contributed by atoms with E-state index in [2.05, 4.69) is 138 Å². The molecule has 0 aliphatic carbocycles. The molecule has 1 aliphatic heterocycles. The fraction of sp³-hybridized carbons (Fsp3) is 0.278. The number of rotatable bonds is 7. The summed E-state index contributed by atoms with van der Waals surface area (Å²) in [6, 6.07) is 27.7. The largest absolute Gasteiger partial charge is 0.421 e. The van der Waals surface area contributed by atoms with Crippen molar-refractivity contribution in [3.05, 3.63) is 106 Å². The molecule has 212 valence electrons. The Bertz CT molecular complexity index is 1630. The van der Waals surface area contributed by atoms with Crippen LogP contribution in [-0.4, -0.2) is 26.8 Å². The zero-order valence-electron chi connectivity index (χ0n) is 26.2. The third-order valence-corrected chi connectivity index (χ3v) is 11.3. The molecule has 3 heterocycles. The van der Waals surface area contributed by atoms with Gasteiger partial charge in [0.15, 0.2) is 0 Å². The van der Waals surface area contributed by atoms with Gasteiger partial charge in [-0.05, 0) is 84.4 Å². The van der Waals surface area contributed by atoms with E-state index < -0.39 is 0 Å². The van der Waals surface area contributed by atoms with Crippen molar-refractivity contribution in [3.8, 4) is 9.75 Å².